The first kappa shape index (κ1) is 24.1. The first-order chi connectivity index (χ1) is 16.3. The third-order valence-corrected chi connectivity index (χ3v) is 6.18. The van der Waals surface area contributed by atoms with Crippen molar-refractivity contribution in [3.05, 3.63) is 91.9 Å². The highest BCUT2D eigenvalue weighted by atomic mass is 35.5. The summed E-state index contributed by atoms with van der Waals surface area (Å²) in [5, 5.41) is 0.772. The van der Waals surface area contributed by atoms with Crippen molar-refractivity contribution in [3.63, 3.8) is 0 Å². The molecule has 0 spiro atoms. The molecule has 1 aliphatic rings. The van der Waals surface area contributed by atoms with Crippen LogP contribution >= 0.6 is 34.8 Å². The number of hydrogen-bond donors (Lipinski definition) is 0. The van der Waals surface area contributed by atoms with Crippen LogP contribution < -0.4 is 9.64 Å². The molecule has 0 radical (unpaired) electrons. The van der Waals surface area contributed by atoms with Crippen LogP contribution in [0.4, 0.5) is 5.69 Å². The Labute approximate surface area is 210 Å². The molecule has 0 N–H and O–H groups in total. The molecule has 4 rings (SSSR count). The van der Waals surface area contributed by atoms with Gasteiger partial charge in [-0.05, 0) is 42.8 Å². The normalized spacial score (nSPS) is 12.6. The summed E-state index contributed by atoms with van der Waals surface area (Å²) in [5.41, 5.74) is 1.58. The molecule has 0 aliphatic carbocycles. The summed E-state index contributed by atoms with van der Waals surface area (Å²) in [6.07, 6.45) is 0.0157. The Kier molecular flexibility index (Phi) is 7.12. The monoisotopic (exact) mass is 517 g/mol. The highest BCUT2D eigenvalue weighted by Gasteiger charge is 2.42. The zero-order valence-electron chi connectivity index (χ0n) is 17.9. The van der Waals surface area contributed by atoms with Crippen molar-refractivity contribution in [1.29, 1.82) is 0 Å². The lowest BCUT2D eigenvalue weighted by Gasteiger charge is -2.16. The fraction of sp³-hybridized carbons (Fsp3) is 0.160. The number of ether oxygens (including phenoxy) is 2. The fourth-order valence-corrected chi connectivity index (χ4v) is 4.34. The summed E-state index contributed by atoms with van der Waals surface area (Å²) in [4.78, 5) is 39.3. The molecule has 174 valence electrons. The number of benzene rings is 3. The van der Waals surface area contributed by atoms with Gasteiger partial charge in [0.1, 0.15) is 12.4 Å². The van der Waals surface area contributed by atoms with Gasteiger partial charge in [0.2, 0.25) is 0 Å². The number of imide groups is 1. The number of amides is 2. The Morgan fingerprint density at radius 1 is 0.882 bits per heavy atom. The minimum atomic E-state index is -0.617. The lowest BCUT2D eigenvalue weighted by atomic mass is 10.1. The Bertz CT molecular complexity index is 1310. The molecular weight excluding hydrogens is 501 g/mol. The van der Waals surface area contributed by atoms with Gasteiger partial charge in [-0.1, -0.05) is 59.1 Å². The lowest BCUT2D eigenvalue weighted by Crippen LogP contribution is -2.29. The molecule has 0 aromatic heterocycles. The minimum Gasteiger partial charge on any atom is -0.488 e. The van der Waals surface area contributed by atoms with E-state index in [0.717, 1.165) is 10.5 Å². The van der Waals surface area contributed by atoms with Crippen LogP contribution in [0.1, 0.15) is 38.8 Å². The molecule has 3 aromatic rings. The van der Waals surface area contributed by atoms with Crippen LogP contribution in [0.5, 0.6) is 5.75 Å². The quantitative estimate of drug-likeness (QED) is 0.278. The molecule has 9 heteroatoms. The standard InChI is InChI=1S/C25H18Cl3NO5/c1-2-33-21(30)12-14-7-9-19(18(28)11-14)29-24(31)22-17(27)8-10-20(23(22)25(29)32)34-13-15-5-3-4-6-16(15)26/h3-11H,2,12-13H2,1H3. The van der Waals surface area contributed by atoms with Crippen LogP contribution in [0.15, 0.2) is 54.6 Å². The maximum Gasteiger partial charge on any atom is 0.310 e. The van der Waals surface area contributed by atoms with Crippen molar-refractivity contribution >= 4 is 58.3 Å². The molecule has 0 saturated heterocycles. The van der Waals surface area contributed by atoms with E-state index in [9.17, 15) is 14.4 Å². The van der Waals surface area contributed by atoms with Crippen LogP contribution in [-0.2, 0) is 22.6 Å². The fourth-order valence-electron chi connectivity index (χ4n) is 3.63. The lowest BCUT2D eigenvalue weighted by molar-refractivity contribution is -0.142. The summed E-state index contributed by atoms with van der Waals surface area (Å²) in [7, 11) is 0. The topological polar surface area (TPSA) is 72.9 Å². The third kappa shape index (κ3) is 4.62. The Balaban J connectivity index is 1.64. The molecule has 0 fully saturated rings. The number of carbonyl (C=O) groups excluding carboxylic acids is 3. The smallest absolute Gasteiger partial charge is 0.310 e. The van der Waals surface area contributed by atoms with E-state index in [1.54, 1.807) is 31.2 Å². The Morgan fingerprint density at radius 3 is 2.32 bits per heavy atom. The van der Waals surface area contributed by atoms with E-state index in [2.05, 4.69) is 0 Å². The molecule has 0 bridgehead atoms. The van der Waals surface area contributed by atoms with Crippen molar-refractivity contribution in [3.8, 4) is 5.75 Å². The van der Waals surface area contributed by atoms with E-state index in [-0.39, 0.29) is 52.2 Å². The zero-order valence-corrected chi connectivity index (χ0v) is 20.2. The van der Waals surface area contributed by atoms with Gasteiger partial charge >= 0.3 is 5.97 Å². The van der Waals surface area contributed by atoms with Gasteiger partial charge in [0.25, 0.3) is 11.8 Å². The molecule has 0 atom stereocenters. The first-order valence-corrected chi connectivity index (χ1v) is 11.5. The van der Waals surface area contributed by atoms with Crippen molar-refractivity contribution in [2.75, 3.05) is 11.5 Å². The predicted octanol–water partition coefficient (Wildman–Crippen LogP) is 6.13. The van der Waals surface area contributed by atoms with Crippen LogP contribution in [0, 0.1) is 0 Å². The number of hydrogen-bond acceptors (Lipinski definition) is 5. The van der Waals surface area contributed by atoms with Gasteiger partial charge in [0, 0.05) is 10.6 Å². The van der Waals surface area contributed by atoms with E-state index in [1.165, 1.54) is 24.3 Å². The molecular formula is C25H18Cl3NO5. The molecule has 34 heavy (non-hydrogen) atoms. The van der Waals surface area contributed by atoms with Gasteiger partial charge in [0.05, 0.1) is 39.9 Å². The van der Waals surface area contributed by atoms with Gasteiger partial charge in [-0.15, -0.1) is 0 Å². The highest BCUT2D eigenvalue weighted by Crippen LogP contribution is 2.40. The summed E-state index contributed by atoms with van der Waals surface area (Å²) in [5.74, 6) is -1.43. The van der Waals surface area contributed by atoms with Gasteiger partial charge in [-0.25, -0.2) is 4.90 Å². The molecule has 2 amide bonds. The number of halogens is 3. The molecule has 6 nitrogen and oxygen atoms in total. The number of esters is 1. The van der Waals surface area contributed by atoms with Crippen molar-refractivity contribution in [1.82, 2.24) is 0 Å². The maximum atomic E-state index is 13.4. The number of anilines is 1. The van der Waals surface area contributed by atoms with Crippen LogP contribution in [0.3, 0.4) is 0 Å². The van der Waals surface area contributed by atoms with Crippen molar-refractivity contribution < 1.29 is 23.9 Å². The molecule has 0 unspecified atom stereocenters. The van der Waals surface area contributed by atoms with E-state index >= 15 is 0 Å². The second kappa shape index (κ2) is 10.1. The molecule has 1 aliphatic heterocycles. The zero-order chi connectivity index (χ0) is 24.4. The average Bonchev–Trinajstić information content (AvgIpc) is 3.06. The van der Waals surface area contributed by atoms with Crippen molar-refractivity contribution in [2.45, 2.75) is 20.0 Å². The predicted molar refractivity (Wildman–Crippen MR) is 130 cm³/mol. The number of fused-ring (bicyclic) bond motifs is 1. The van der Waals surface area contributed by atoms with Crippen LogP contribution in [0.25, 0.3) is 0 Å². The molecule has 1 heterocycles. The number of nitrogens with zero attached hydrogens (tertiary/aromatic N) is 1. The SMILES string of the molecule is CCOC(=O)Cc1ccc(N2C(=O)c3c(Cl)ccc(OCc4ccccc4Cl)c3C2=O)c(Cl)c1. The third-order valence-electron chi connectivity index (χ3n) is 5.20. The van der Waals surface area contributed by atoms with E-state index in [4.69, 9.17) is 44.3 Å². The van der Waals surface area contributed by atoms with Gasteiger partial charge < -0.3 is 9.47 Å². The maximum absolute atomic E-state index is 13.4. The highest BCUT2D eigenvalue weighted by molar-refractivity contribution is 6.44. The summed E-state index contributed by atoms with van der Waals surface area (Å²) in [6, 6.07) is 14.8. The van der Waals surface area contributed by atoms with Gasteiger partial charge in [-0.2, -0.15) is 0 Å². The average molecular weight is 519 g/mol. The summed E-state index contributed by atoms with van der Waals surface area (Å²) in [6.45, 7) is 2.08. The molecule has 0 saturated carbocycles. The molecule has 3 aromatic carbocycles. The summed E-state index contributed by atoms with van der Waals surface area (Å²) < 4.78 is 10.8. The number of rotatable bonds is 7. The Morgan fingerprint density at radius 2 is 1.62 bits per heavy atom. The van der Waals surface area contributed by atoms with Gasteiger partial charge in [-0.3, -0.25) is 14.4 Å². The van der Waals surface area contributed by atoms with Gasteiger partial charge in [0.15, 0.2) is 0 Å². The van der Waals surface area contributed by atoms with E-state index in [0.29, 0.717) is 10.6 Å². The second-order valence-electron chi connectivity index (χ2n) is 7.39. The van der Waals surface area contributed by atoms with Crippen LogP contribution in [0.2, 0.25) is 15.1 Å². The van der Waals surface area contributed by atoms with E-state index in [1.807, 2.05) is 6.07 Å². The Hall–Kier alpha value is -3.06. The first-order valence-electron chi connectivity index (χ1n) is 10.3. The second-order valence-corrected chi connectivity index (χ2v) is 8.61. The van der Waals surface area contributed by atoms with Crippen LogP contribution in [-0.4, -0.2) is 24.4 Å². The summed E-state index contributed by atoms with van der Waals surface area (Å²) >= 11 is 18.9. The largest absolute Gasteiger partial charge is 0.488 e. The van der Waals surface area contributed by atoms with Crippen molar-refractivity contribution in [2.24, 2.45) is 0 Å². The number of carbonyl (C=O) groups is 3. The van der Waals surface area contributed by atoms with E-state index < -0.39 is 17.8 Å². The minimum absolute atomic E-state index is 0.0157.